The zero-order valence-corrected chi connectivity index (χ0v) is 13.4. The number of amides is 1. The fourth-order valence-corrected chi connectivity index (χ4v) is 2.06. The molecule has 2 atom stereocenters. The van der Waals surface area contributed by atoms with E-state index >= 15 is 0 Å². The Morgan fingerprint density at radius 1 is 1.33 bits per heavy atom. The number of nitrogens with one attached hydrogen (secondary N) is 2. The van der Waals surface area contributed by atoms with E-state index in [1.54, 1.807) is 0 Å². The summed E-state index contributed by atoms with van der Waals surface area (Å²) in [7, 11) is 0. The molecule has 1 fully saturated rings. The summed E-state index contributed by atoms with van der Waals surface area (Å²) in [5.41, 5.74) is -0.500. The molecule has 122 valence electrons. The van der Waals surface area contributed by atoms with Crippen molar-refractivity contribution in [3.63, 3.8) is 0 Å². The predicted octanol–water partition coefficient (Wildman–Crippen LogP) is 2.13. The third-order valence-corrected chi connectivity index (χ3v) is 3.37. The molecule has 0 bridgehead atoms. The Hall–Kier alpha value is -1.30. The van der Waals surface area contributed by atoms with Gasteiger partial charge in [0, 0.05) is 25.0 Å². The van der Waals surface area contributed by atoms with Crippen LogP contribution in [0.1, 0.15) is 53.4 Å². The average Bonchev–Trinajstić information content (AvgIpc) is 3.13. The summed E-state index contributed by atoms with van der Waals surface area (Å²) in [5, 5.41) is 14.9. The first-order valence-corrected chi connectivity index (χ1v) is 7.62. The third kappa shape index (κ3) is 8.55. The van der Waals surface area contributed by atoms with Crippen LogP contribution in [0.15, 0.2) is 0 Å². The molecule has 0 aromatic rings. The monoisotopic (exact) mass is 300 g/mol. The van der Waals surface area contributed by atoms with E-state index < -0.39 is 11.6 Å². The van der Waals surface area contributed by atoms with Crippen LogP contribution >= 0.6 is 0 Å². The molecule has 0 heterocycles. The van der Waals surface area contributed by atoms with Gasteiger partial charge >= 0.3 is 12.1 Å². The topological polar surface area (TPSA) is 87.7 Å². The van der Waals surface area contributed by atoms with Crippen LogP contribution in [0.2, 0.25) is 0 Å². The average molecular weight is 300 g/mol. The van der Waals surface area contributed by atoms with E-state index in [0.717, 1.165) is 12.8 Å². The molecule has 0 spiro atoms. The van der Waals surface area contributed by atoms with Crippen LogP contribution in [-0.4, -0.2) is 41.4 Å². The summed E-state index contributed by atoms with van der Waals surface area (Å²) >= 11 is 0. The van der Waals surface area contributed by atoms with Crippen molar-refractivity contribution >= 4 is 12.1 Å². The lowest BCUT2D eigenvalue weighted by Gasteiger charge is -2.25. The number of hydrogen-bond acceptors (Lipinski definition) is 4. The van der Waals surface area contributed by atoms with E-state index in [0.29, 0.717) is 18.9 Å². The molecule has 0 saturated heterocycles. The maximum atomic E-state index is 11.8. The fourth-order valence-electron chi connectivity index (χ4n) is 2.06. The smallest absolute Gasteiger partial charge is 0.407 e. The number of alkyl carbamates (subject to hydrolysis) is 1. The van der Waals surface area contributed by atoms with Crippen molar-refractivity contribution < 1.29 is 19.4 Å². The van der Waals surface area contributed by atoms with Gasteiger partial charge in [-0.05, 0) is 52.9 Å². The third-order valence-electron chi connectivity index (χ3n) is 3.37. The Kier molecular flexibility index (Phi) is 6.45. The van der Waals surface area contributed by atoms with E-state index in [2.05, 4.69) is 10.6 Å². The van der Waals surface area contributed by atoms with Crippen LogP contribution in [0.25, 0.3) is 0 Å². The van der Waals surface area contributed by atoms with Crippen molar-refractivity contribution in [2.75, 3.05) is 6.54 Å². The second-order valence-electron chi connectivity index (χ2n) is 6.83. The number of rotatable bonds is 8. The maximum Gasteiger partial charge on any atom is 0.407 e. The lowest BCUT2D eigenvalue weighted by molar-refractivity contribution is -0.137. The minimum absolute atomic E-state index is 0.0483. The van der Waals surface area contributed by atoms with Gasteiger partial charge in [0.2, 0.25) is 0 Å². The van der Waals surface area contributed by atoms with Gasteiger partial charge in [0.1, 0.15) is 5.60 Å². The number of hydrogen-bond donors (Lipinski definition) is 3. The molecule has 1 rings (SSSR count). The minimum Gasteiger partial charge on any atom is -0.481 e. The van der Waals surface area contributed by atoms with Gasteiger partial charge in [-0.15, -0.1) is 0 Å². The van der Waals surface area contributed by atoms with Crippen molar-refractivity contribution in [1.29, 1.82) is 0 Å². The maximum absolute atomic E-state index is 11.8. The zero-order chi connectivity index (χ0) is 16.0. The van der Waals surface area contributed by atoms with E-state index in [-0.39, 0.29) is 24.6 Å². The van der Waals surface area contributed by atoms with E-state index in [1.807, 2.05) is 27.7 Å². The van der Waals surface area contributed by atoms with E-state index in [9.17, 15) is 9.59 Å². The molecule has 6 heteroatoms. The number of carbonyl (C=O) groups excluding carboxylic acids is 1. The summed E-state index contributed by atoms with van der Waals surface area (Å²) in [4.78, 5) is 22.4. The minimum atomic E-state index is -0.783. The molecule has 3 N–H and O–H groups in total. The lowest BCUT2D eigenvalue weighted by Crippen LogP contribution is -2.47. The second-order valence-corrected chi connectivity index (χ2v) is 6.83. The molecule has 0 radical (unpaired) electrons. The van der Waals surface area contributed by atoms with Crippen LogP contribution < -0.4 is 10.6 Å². The van der Waals surface area contributed by atoms with Gasteiger partial charge in [0.05, 0.1) is 0 Å². The summed E-state index contributed by atoms with van der Waals surface area (Å²) in [6.45, 7) is 8.12. The summed E-state index contributed by atoms with van der Waals surface area (Å²) in [5.74, 6) is -0.286. The molecule has 6 nitrogen and oxygen atoms in total. The normalized spacial score (nSPS) is 17.9. The fraction of sp³-hybridized carbons (Fsp3) is 0.867. The largest absolute Gasteiger partial charge is 0.481 e. The van der Waals surface area contributed by atoms with Crippen molar-refractivity contribution in [2.24, 2.45) is 5.92 Å². The Morgan fingerprint density at radius 2 is 1.95 bits per heavy atom. The van der Waals surface area contributed by atoms with E-state index in [1.165, 1.54) is 0 Å². The number of ether oxygens (including phenoxy) is 1. The molecule has 2 unspecified atom stereocenters. The number of carboxylic acid groups (broad SMARTS) is 1. The highest BCUT2D eigenvalue weighted by atomic mass is 16.6. The molecule has 21 heavy (non-hydrogen) atoms. The second kappa shape index (κ2) is 7.64. The number of carbonyl (C=O) groups is 2. The SMILES string of the molecule is CC(CCC(=O)O)NCC(NC(=O)OC(C)(C)C)C1CC1. The van der Waals surface area contributed by atoms with Gasteiger partial charge in [0.25, 0.3) is 0 Å². The van der Waals surface area contributed by atoms with Crippen LogP contribution in [0, 0.1) is 5.92 Å². The van der Waals surface area contributed by atoms with Crippen molar-refractivity contribution in [3.05, 3.63) is 0 Å². The van der Waals surface area contributed by atoms with Crippen LogP contribution in [0.5, 0.6) is 0 Å². The van der Waals surface area contributed by atoms with Crippen LogP contribution in [0.4, 0.5) is 4.79 Å². The molecule has 1 amide bonds. The number of carboxylic acids is 1. The first kappa shape index (κ1) is 17.8. The molecular formula is C15H28N2O4. The molecule has 0 aromatic heterocycles. The highest BCUT2D eigenvalue weighted by Gasteiger charge is 2.33. The summed E-state index contributed by atoms with van der Waals surface area (Å²) < 4.78 is 5.28. The molecule has 1 saturated carbocycles. The van der Waals surface area contributed by atoms with Gasteiger partial charge < -0.3 is 20.5 Å². The summed E-state index contributed by atoms with van der Waals surface area (Å²) in [6, 6.07) is 0.162. The lowest BCUT2D eigenvalue weighted by atomic mass is 10.1. The zero-order valence-electron chi connectivity index (χ0n) is 13.4. The Morgan fingerprint density at radius 3 is 2.43 bits per heavy atom. The Balaban J connectivity index is 2.33. The molecule has 1 aliphatic rings. The van der Waals surface area contributed by atoms with Crippen LogP contribution in [-0.2, 0) is 9.53 Å². The van der Waals surface area contributed by atoms with Crippen molar-refractivity contribution in [2.45, 2.75) is 71.1 Å². The van der Waals surface area contributed by atoms with E-state index in [4.69, 9.17) is 9.84 Å². The molecule has 1 aliphatic carbocycles. The molecule has 0 aliphatic heterocycles. The quantitative estimate of drug-likeness (QED) is 0.639. The Labute approximate surface area is 126 Å². The van der Waals surface area contributed by atoms with Crippen LogP contribution in [0.3, 0.4) is 0 Å². The molecular weight excluding hydrogens is 272 g/mol. The van der Waals surface area contributed by atoms with Gasteiger partial charge in [-0.1, -0.05) is 0 Å². The highest BCUT2D eigenvalue weighted by Crippen LogP contribution is 2.32. The standard InChI is InChI=1S/C15H28N2O4/c1-10(5-8-13(18)19)16-9-12(11-6-7-11)17-14(20)21-15(2,3)4/h10-12,16H,5-9H2,1-4H3,(H,17,20)(H,18,19). The van der Waals surface area contributed by atoms with Gasteiger partial charge in [-0.2, -0.15) is 0 Å². The summed E-state index contributed by atoms with van der Waals surface area (Å²) in [6.07, 6.45) is 2.58. The van der Waals surface area contributed by atoms with Crippen molar-refractivity contribution in [3.8, 4) is 0 Å². The van der Waals surface area contributed by atoms with Gasteiger partial charge in [-0.3, -0.25) is 4.79 Å². The highest BCUT2D eigenvalue weighted by molar-refractivity contribution is 5.68. The van der Waals surface area contributed by atoms with Crippen molar-refractivity contribution in [1.82, 2.24) is 10.6 Å². The van der Waals surface area contributed by atoms with Gasteiger partial charge in [-0.25, -0.2) is 4.79 Å². The Bertz CT molecular complexity index is 361. The first-order chi connectivity index (χ1) is 9.67. The first-order valence-electron chi connectivity index (χ1n) is 7.62. The number of aliphatic carboxylic acids is 1. The molecule has 0 aromatic carbocycles. The van der Waals surface area contributed by atoms with Gasteiger partial charge in [0.15, 0.2) is 0 Å². The predicted molar refractivity (Wildman–Crippen MR) is 80.2 cm³/mol.